The Bertz CT molecular complexity index is 575. The SMILES string of the molecule is O=S(=O)(NCC(O)C(F)F)c1ccccc1OC(F)(F)F. The molecule has 0 saturated carbocycles. The first-order valence-electron chi connectivity index (χ1n) is 5.33. The maximum atomic E-state index is 12.2. The highest BCUT2D eigenvalue weighted by atomic mass is 32.2. The number of para-hydroxylation sites is 1. The molecular weight excluding hydrogens is 325 g/mol. The largest absolute Gasteiger partial charge is 0.573 e. The summed E-state index contributed by atoms with van der Waals surface area (Å²) in [6.07, 6.45) is -10.6. The van der Waals surface area contributed by atoms with E-state index >= 15 is 0 Å². The van der Waals surface area contributed by atoms with Crippen molar-refractivity contribution in [1.29, 1.82) is 0 Å². The third kappa shape index (κ3) is 5.44. The molecule has 21 heavy (non-hydrogen) atoms. The molecule has 0 amide bonds. The number of aliphatic hydroxyl groups is 1. The van der Waals surface area contributed by atoms with Crippen LogP contribution in [0.5, 0.6) is 5.75 Å². The second kappa shape index (κ2) is 6.54. The van der Waals surface area contributed by atoms with E-state index in [9.17, 15) is 30.4 Å². The number of hydrogen-bond donors (Lipinski definition) is 2. The van der Waals surface area contributed by atoms with Gasteiger partial charge in [-0.3, -0.25) is 0 Å². The fourth-order valence-corrected chi connectivity index (χ4v) is 2.42. The minimum Gasteiger partial charge on any atom is -0.404 e. The van der Waals surface area contributed by atoms with Crippen molar-refractivity contribution in [1.82, 2.24) is 4.72 Å². The van der Waals surface area contributed by atoms with Crippen molar-refractivity contribution >= 4 is 10.0 Å². The predicted molar refractivity (Wildman–Crippen MR) is 60.3 cm³/mol. The summed E-state index contributed by atoms with van der Waals surface area (Å²) < 4.78 is 89.2. The molecule has 1 aromatic rings. The number of alkyl halides is 5. The Hall–Kier alpha value is -1.46. The van der Waals surface area contributed by atoms with Gasteiger partial charge < -0.3 is 9.84 Å². The fraction of sp³-hybridized carbons (Fsp3) is 0.400. The van der Waals surface area contributed by atoms with E-state index in [1.807, 2.05) is 0 Å². The predicted octanol–water partition coefficient (Wildman–Crippen LogP) is 1.49. The van der Waals surface area contributed by atoms with Gasteiger partial charge in [0.1, 0.15) is 16.7 Å². The standard InChI is InChI=1S/C10H10F5NO4S/c11-9(12)6(17)5-16-21(18,19)8-4-2-1-3-7(8)20-10(13,14)15/h1-4,6,9,16-17H,5H2. The van der Waals surface area contributed by atoms with Crippen LogP contribution in [0.4, 0.5) is 22.0 Å². The Morgan fingerprint density at radius 1 is 1.24 bits per heavy atom. The van der Waals surface area contributed by atoms with E-state index in [-0.39, 0.29) is 0 Å². The zero-order valence-corrected chi connectivity index (χ0v) is 11.0. The minimum atomic E-state index is -5.12. The van der Waals surface area contributed by atoms with Crippen molar-refractivity contribution in [3.63, 3.8) is 0 Å². The van der Waals surface area contributed by atoms with Crippen LogP contribution in [-0.2, 0) is 10.0 Å². The molecule has 0 aliphatic rings. The highest BCUT2D eigenvalue weighted by molar-refractivity contribution is 7.89. The molecule has 1 unspecified atom stereocenters. The van der Waals surface area contributed by atoms with Gasteiger partial charge in [-0.2, -0.15) is 0 Å². The Labute approximate surface area is 116 Å². The second-order valence-corrected chi connectivity index (χ2v) is 5.48. The molecule has 120 valence electrons. The van der Waals surface area contributed by atoms with Crippen molar-refractivity contribution in [3.8, 4) is 5.75 Å². The van der Waals surface area contributed by atoms with Gasteiger partial charge in [-0.15, -0.1) is 13.2 Å². The molecule has 5 nitrogen and oxygen atoms in total. The summed E-state index contributed by atoms with van der Waals surface area (Å²) in [4.78, 5) is -0.885. The summed E-state index contributed by atoms with van der Waals surface area (Å²) in [6, 6.07) is 3.79. The molecule has 1 rings (SSSR count). The average molecular weight is 335 g/mol. The number of nitrogens with one attached hydrogen (secondary N) is 1. The summed E-state index contributed by atoms with van der Waals surface area (Å²) in [5.74, 6) is -1.01. The van der Waals surface area contributed by atoms with Crippen LogP contribution < -0.4 is 9.46 Å². The lowest BCUT2D eigenvalue weighted by atomic mass is 10.3. The number of sulfonamides is 1. The molecule has 0 bridgehead atoms. The number of aliphatic hydroxyl groups excluding tert-OH is 1. The first kappa shape index (κ1) is 17.6. The normalized spacial score (nSPS) is 14.2. The third-order valence-electron chi connectivity index (χ3n) is 2.14. The van der Waals surface area contributed by atoms with Gasteiger partial charge in [-0.25, -0.2) is 21.9 Å². The van der Waals surface area contributed by atoms with Crippen molar-refractivity contribution < 1.29 is 40.2 Å². The summed E-state index contributed by atoms with van der Waals surface area (Å²) in [5.41, 5.74) is 0. The highest BCUT2D eigenvalue weighted by Crippen LogP contribution is 2.29. The number of halogens is 5. The van der Waals surface area contributed by atoms with Gasteiger partial charge in [0.05, 0.1) is 0 Å². The van der Waals surface area contributed by atoms with E-state index in [0.29, 0.717) is 0 Å². The van der Waals surface area contributed by atoms with Gasteiger partial charge in [-0.05, 0) is 12.1 Å². The van der Waals surface area contributed by atoms with Crippen molar-refractivity contribution in [2.24, 2.45) is 0 Å². The highest BCUT2D eigenvalue weighted by Gasteiger charge is 2.34. The minimum absolute atomic E-state index is 0.756. The van der Waals surface area contributed by atoms with E-state index in [4.69, 9.17) is 5.11 Å². The molecule has 0 heterocycles. The molecule has 0 spiro atoms. The number of hydrogen-bond acceptors (Lipinski definition) is 4. The van der Waals surface area contributed by atoms with Gasteiger partial charge in [0.15, 0.2) is 0 Å². The summed E-state index contributed by atoms with van der Waals surface area (Å²) >= 11 is 0. The fourth-order valence-electron chi connectivity index (χ4n) is 1.24. The summed E-state index contributed by atoms with van der Waals surface area (Å²) in [5, 5.41) is 8.80. The maximum Gasteiger partial charge on any atom is 0.573 e. The van der Waals surface area contributed by atoms with Gasteiger partial charge in [0.25, 0.3) is 6.43 Å². The number of benzene rings is 1. The van der Waals surface area contributed by atoms with Crippen molar-refractivity contribution in [3.05, 3.63) is 24.3 Å². The van der Waals surface area contributed by atoms with Crippen LogP contribution in [-0.4, -0.2) is 39.0 Å². The Balaban J connectivity index is 2.98. The molecule has 0 saturated heterocycles. The van der Waals surface area contributed by atoms with Gasteiger partial charge in [0, 0.05) is 6.54 Å². The molecule has 0 radical (unpaired) electrons. The molecular formula is C10H10F5NO4S. The van der Waals surface area contributed by atoms with Crippen LogP contribution in [0.25, 0.3) is 0 Å². The van der Waals surface area contributed by atoms with E-state index in [2.05, 4.69) is 4.74 Å². The van der Waals surface area contributed by atoms with E-state index < -0.39 is 46.1 Å². The Morgan fingerprint density at radius 3 is 2.33 bits per heavy atom. The summed E-state index contributed by atoms with van der Waals surface area (Å²) in [6.45, 7) is -1.06. The van der Waals surface area contributed by atoms with Crippen molar-refractivity contribution in [2.45, 2.75) is 23.8 Å². The third-order valence-corrected chi connectivity index (χ3v) is 3.60. The van der Waals surface area contributed by atoms with E-state index in [0.717, 1.165) is 24.3 Å². The number of rotatable bonds is 6. The topological polar surface area (TPSA) is 75.6 Å². The van der Waals surface area contributed by atoms with Crippen LogP contribution in [0, 0.1) is 0 Å². The van der Waals surface area contributed by atoms with Crippen LogP contribution in [0.1, 0.15) is 0 Å². The molecule has 1 atom stereocenters. The van der Waals surface area contributed by atoms with Crippen LogP contribution >= 0.6 is 0 Å². The summed E-state index contributed by atoms with van der Waals surface area (Å²) in [7, 11) is -4.56. The first-order valence-corrected chi connectivity index (χ1v) is 6.82. The van der Waals surface area contributed by atoms with Crippen molar-refractivity contribution in [2.75, 3.05) is 6.54 Å². The van der Waals surface area contributed by atoms with Gasteiger partial charge in [-0.1, -0.05) is 12.1 Å². The second-order valence-electron chi connectivity index (χ2n) is 3.75. The molecule has 0 aliphatic carbocycles. The molecule has 0 aromatic heterocycles. The van der Waals surface area contributed by atoms with E-state index in [1.165, 1.54) is 0 Å². The molecule has 11 heteroatoms. The molecule has 2 N–H and O–H groups in total. The first-order chi connectivity index (χ1) is 9.53. The van der Waals surface area contributed by atoms with Crippen LogP contribution in [0.2, 0.25) is 0 Å². The van der Waals surface area contributed by atoms with Gasteiger partial charge >= 0.3 is 6.36 Å². The number of ether oxygens (including phenoxy) is 1. The lowest BCUT2D eigenvalue weighted by Crippen LogP contribution is -2.36. The monoisotopic (exact) mass is 335 g/mol. The molecule has 0 aliphatic heterocycles. The molecule has 1 aromatic carbocycles. The smallest absolute Gasteiger partial charge is 0.404 e. The van der Waals surface area contributed by atoms with Gasteiger partial charge in [0.2, 0.25) is 10.0 Å². The van der Waals surface area contributed by atoms with E-state index in [1.54, 1.807) is 4.72 Å². The maximum absolute atomic E-state index is 12.2. The Morgan fingerprint density at radius 2 is 1.81 bits per heavy atom. The quantitative estimate of drug-likeness (QED) is 0.773. The lowest BCUT2D eigenvalue weighted by Gasteiger charge is -2.15. The molecule has 0 fully saturated rings. The Kier molecular flexibility index (Phi) is 5.48. The lowest BCUT2D eigenvalue weighted by molar-refractivity contribution is -0.275. The zero-order chi connectivity index (χ0) is 16.3. The van der Waals surface area contributed by atoms with Crippen LogP contribution in [0.15, 0.2) is 29.2 Å². The van der Waals surface area contributed by atoms with Crippen LogP contribution in [0.3, 0.4) is 0 Å². The zero-order valence-electron chi connectivity index (χ0n) is 10.1. The average Bonchev–Trinajstić information content (AvgIpc) is 2.34.